The summed E-state index contributed by atoms with van der Waals surface area (Å²) in [6.45, 7) is 10.2. The van der Waals surface area contributed by atoms with Crippen LogP contribution in [0.2, 0.25) is 0 Å². The van der Waals surface area contributed by atoms with Crippen LogP contribution in [-0.2, 0) is 18.9 Å². The summed E-state index contributed by atoms with van der Waals surface area (Å²) in [6, 6.07) is 0. The molecule has 102 valence electrons. The summed E-state index contributed by atoms with van der Waals surface area (Å²) < 4.78 is 1.97. The van der Waals surface area contributed by atoms with Gasteiger partial charge in [-0.1, -0.05) is 27.7 Å². The second-order valence-corrected chi connectivity index (χ2v) is 6.77. The van der Waals surface area contributed by atoms with E-state index in [1.54, 1.807) is 0 Å². The van der Waals surface area contributed by atoms with Gasteiger partial charge in [0, 0.05) is 24.2 Å². The van der Waals surface area contributed by atoms with Crippen LogP contribution >= 0.6 is 0 Å². The summed E-state index contributed by atoms with van der Waals surface area (Å²) in [4.78, 5) is 0. The first-order chi connectivity index (χ1) is 8.36. The predicted octanol–water partition coefficient (Wildman–Crippen LogP) is 2.79. The maximum Gasteiger partial charge on any atom is 0.0710 e. The van der Waals surface area contributed by atoms with Crippen LogP contribution in [0.5, 0.6) is 0 Å². The highest BCUT2D eigenvalue weighted by molar-refractivity contribution is 5.26. The molecule has 3 heteroatoms. The lowest BCUT2D eigenvalue weighted by atomic mass is 9.82. The van der Waals surface area contributed by atoms with Crippen molar-refractivity contribution in [1.29, 1.82) is 0 Å². The van der Waals surface area contributed by atoms with Gasteiger partial charge in [0.05, 0.1) is 5.69 Å². The Morgan fingerprint density at radius 1 is 1.44 bits per heavy atom. The van der Waals surface area contributed by atoms with Crippen LogP contribution in [0.1, 0.15) is 58.2 Å². The van der Waals surface area contributed by atoms with Crippen LogP contribution in [0.25, 0.3) is 0 Å². The average Bonchev–Trinajstić information content (AvgIpc) is 2.86. The molecular formula is C15H27N3. The fourth-order valence-electron chi connectivity index (χ4n) is 3.11. The number of nitrogens with one attached hydrogen (secondary N) is 1. The van der Waals surface area contributed by atoms with E-state index in [4.69, 9.17) is 0 Å². The monoisotopic (exact) mass is 249 g/mol. The Morgan fingerprint density at radius 3 is 2.67 bits per heavy atom. The second kappa shape index (κ2) is 4.69. The van der Waals surface area contributed by atoms with E-state index in [9.17, 15) is 0 Å². The molecule has 0 saturated carbocycles. The van der Waals surface area contributed by atoms with Crippen molar-refractivity contribution in [2.24, 2.45) is 7.05 Å². The maximum atomic E-state index is 4.68. The van der Waals surface area contributed by atoms with Gasteiger partial charge in [0.1, 0.15) is 0 Å². The molecule has 2 rings (SSSR count). The van der Waals surface area contributed by atoms with Crippen LogP contribution in [0, 0.1) is 0 Å². The molecule has 1 aromatic rings. The highest BCUT2D eigenvalue weighted by atomic mass is 15.3. The molecule has 1 N–H and O–H groups in total. The molecule has 0 aliphatic carbocycles. The lowest BCUT2D eigenvalue weighted by Gasteiger charge is -2.29. The van der Waals surface area contributed by atoms with Gasteiger partial charge in [0.15, 0.2) is 0 Å². The average molecular weight is 249 g/mol. The molecule has 0 amide bonds. The summed E-state index contributed by atoms with van der Waals surface area (Å²) in [6.07, 6.45) is 7.12. The molecule has 0 radical (unpaired) electrons. The first-order valence-electron chi connectivity index (χ1n) is 7.14. The highest BCUT2D eigenvalue weighted by Crippen LogP contribution is 2.31. The zero-order valence-electron chi connectivity index (χ0n) is 12.5. The molecular weight excluding hydrogens is 222 g/mol. The Bertz CT molecular complexity index is 406. The Hall–Kier alpha value is -0.830. The third kappa shape index (κ3) is 2.61. The molecule has 18 heavy (non-hydrogen) atoms. The van der Waals surface area contributed by atoms with E-state index < -0.39 is 0 Å². The SMILES string of the molecule is CCC1(Cc2cn(C)nc2C(C)(C)C)CCCN1. The third-order valence-electron chi connectivity index (χ3n) is 4.15. The van der Waals surface area contributed by atoms with E-state index in [1.807, 2.05) is 11.7 Å². The normalized spacial score (nSPS) is 24.7. The zero-order valence-corrected chi connectivity index (χ0v) is 12.5. The molecule has 0 spiro atoms. The van der Waals surface area contributed by atoms with E-state index >= 15 is 0 Å². The molecule has 3 nitrogen and oxygen atoms in total. The predicted molar refractivity (Wildman–Crippen MR) is 75.9 cm³/mol. The van der Waals surface area contributed by atoms with Crippen molar-refractivity contribution in [1.82, 2.24) is 15.1 Å². The quantitative estimate of drug-likeness (QED) is 0.892. The zero-order chi connectivity index (χ0) is 13.4. The van der Waals surface area contributed by atoms with Crippen molar-refractivity contribution in [3.05, 3.63) is 17.5 Å². The van der Waals surface area contributed by atoms with Gasteiger partial charge < -0.3 is 5.32 Å². The van der Waals surface area contributed by atoms with Crippen LogP contribution in [0.4, 0.5) is 0 Å². The molecule has 1 atom stereocenters. The number of nitrogens with zero attached hydrogens (tertiary/aromatic N) is 2. The fourth-order valence-corrected chi connectivity index (χ4v) is 3.11. The van der Waals surface area contributed by atoms with Crippen molar-refractivity contribution in [3.8, 4) is 0 Å². The summed E-state index contributed by atoms with van der Waals surface area (Å²) >= 11 is 0. The van der Waals surface area contributed by atoms with Crippen molar-refractivity contribution >= 4 is 0 Å². The van der Waals surface area contributed by atoms with Gasteiger partial charge >= 0.3 is 0 Å². The van der Waals surface area contributed by atoms with Crippen molar-refractivity contribution in [3.63, 3.8) is 0 Å². The Labute approximate surface area is 111 Å². The molecule has 1 unspecified atom stereocenters. The van der Waals surface area contributed by atoms with Crippen LogP contribution in [-0.4, -0.2) is 21.9 Å². The topological polar surface area (TPSA) is 29.9 Å². The minimum atomic E-state index is 0.129. The van der Waals surface area contributed by atoms with Gasteiger partial charge in [-0.2, -0.15) is 5.10 Å². The van der Waals surface area contributed by atoms with Gasteiger partial charge in [-0.3, -0.25) is 4.68 Å². The third-order valence-corrected chi connectivity index (χ3v) is 4.15. The highest BCUT2D eigenvalue weighted by Gasteiger charge is 2.34. The lowest BCUT2D eigenvalue weighted by molar-refractivity contribution is 0.357. The van der Waals surface area contributed by atoms with Crippen molar-refractivity contribution in [2.45, 2.75) is 64.3 Å². The summed E-state index contributed by atoms with van der Waals surface area (Å²) in [5.74, 6) is 0. The number of rotatable bonds is 3. The molecule has 0 aromatic carbocycles. The van der Waals surface area contributed by atoms with Crippen molar-refractivity contribution in [2.75, 3.05) is 6.54 Å². The van der Waals surface area contributed by atoms with E-state index in [0.717, 1.165) is 6.42 Å². The number of aryl methyl sites for hydroxylation is 1. The minimum absolute atomic E-state index is 0.129. The number of hydrogen-bond acceptors (Lipinski definition) is 2. The van der Waals surface area contributed by atoms with E-state index in [1.165, 1.54) is 37.1 Å². The first-order valence-corrected chi connectivity index (χ1v) is 7.14. The van der Waals surface area contributed by atoms with Crippen LogP contribution in [0.15, 0.2) is 6.20 Å². The molecule has 1 aliphatic rings. The summed E-state index contributed by atoms with van der Waals surface area (Å²) in [5, 5.41) is 8.40. The van der Waals surface area contributed by atoms with E-state index in [2.05, 4.69) is 44.3 Å². The molecule has 0 bridgehead atoms. The molecule has 1 fully saturated rings. The van der Waals surface area contributed by atoms with Crippen molar-refractivity contribution < 1.29 is 0 Å². The Morgan fingerprint density at radius 2 is 2.17 bits per heavy atom. The summed E-state index contributed by atoms with van der Waals surface area (Å²) in [7, 11) is 2.03. The maximum absolute atomic E-state index is 4.68. The van der Waals surface area contributed by atoms with Crippen LogP contribution < -0.4 is 5.32 Å². The van der Waals surface area contributed by atoms with Crippen LogP contribution in [0.3, 0.4) is 0 Å². The molecule has 2 heterocycles. The Kier molecular flexibility index (Phi) is 3.54. The molecule has 1 aliphatic heterocycles. The minimum Gasteiger partial charge on any atom is -0.311 e. The van der Waals surface area contributed by atoms with Gasteiger partial charge in [0.25, 0.3) is 0 Å². The lowest BCUT2D eigenvalue weighted by Crippen LogP contribution is -2.41. The van der Waals surface area contributed by atoms with E-state index in [-0.39, 0.29) is 5.41 Å². The first kappa shape index (κ1) is 13.6. The van der Waals surface area contributed by atoms with Gasteiger partial charge in [-0.05, 0) is 37.8 Å². The number of hydrogen-bond donors (Lipinski definition) is 1. The van der Waals surface area contributed by atoms with E-state index in [0.29, 0.717) is 5.54 Å². The standard InChI is InChI=1S/C15H27N3/c1-6-15(8-7-9-16-15)10-12-11-18(5)17-13(12)14(2,3)4/h11,16H,6-10H2,1-5H3. The smallest absolute Gasteiger partial charge is 0.0710 e. The largest absolute Gasteiger partial charge is 0.311 e. The fraction of sp³-hybridized carbons (Fsp3) is 0.800. The van der Waals surface area contributed by atoms with Gasteiger partial charge in [-0.25, -0.2) is 0 Å². The van der Waals surface area contributed by atoms with Gasteiger partial charge in [-0.15, -0.1) is 0 Å². The summed E-state index contributed by atoms with van der Waals surface area (Å²) in [5.41, 5.74) is 3.11. The second-order valence-electron chi connectivity index (χ2n) is 6.77. The molecule has 1 aromatic heterocycles. The Balaban J connectivity index is 2.28. The number of aromatic nitrogens is 2. The molecule has 1 saturated heterocycles. The van der Waals surface area contributed by atoms with Gasteiger partial charge in [0.2, 0.25) is 0 Å².